The Bertz CT molecular complexity index is 333. The van der Waals surface area contributed by atoms with E-state index in [1.54, 1.807) is 0 Å². The summed E-state index contributed by atoms with van der Waals surface area (Å²) in [6.07, 6.45) is 7.06. The summed E-state index contributed by atoms with van der Waals surface area (Å²) in [4.78, 5) is 0. The van der Waals surface area contributed by atoms with Crippen LogP contribution in [-0.4, -0.2) is 19.2 Å². The fraction of sp³-hybridized carbons (Fsp3) is 0.600. The predicted octanol–water partition coefficient (Wildman–Crippen LogP) is 2.74. The van der Waals surface area contributed by atoms with Crippen LogP contribution in [0.2, 0.25) is 0 Å². The first-order chi connectivity index (χ1) is 7.95. The maximum Gasteiger partial charge on any atom is 0.0755 e. The molecule has 0 aliphatic rings. The van der Waals surface area contributed by atoms with E-state index < -0.39 is 0 Å². The first-order valence-electron chi connectivity index (χ1n) is 5.47. The smallest absolute Gasteiger partial charge is 0.0755 e. The van der Waals surface area contributed by atoms with Crippen molar-refractivity contribution in [3.05, 3.63) is 22.1 Å². The zero-order valence-electron chi connectivity index (χ0n) is 9.00. The zero-order chi connectivity index (χ0) is 11.1. The molecule has 0 aromatic carbocycles. The molecule has 6 heteroatoms. The number of nitrogens with zero attached hydrogens (tertiary/aromatic N) is 4. The first kappa shape index (κ1) is 11.6. The predicted molar refractivity (Wildman–Crippen MR) is 65.7 cm³/mol. The van der Waals surface area contributed by atoms with Gasteiger partial charge in [-0.15, -0.1) is 10.2 Å². The molecule has 0 aliphatic heterocycles. The van der Waals surface area contributed by atoms with E-state index >= 15 is 0 Å². The van der Waals surface area contributed by atoms with Crippen molar-refractivity contribution in [2.75, 3.05) is 0 Å². The van der Waals surface area contributed by atoms with Gasteiger partial charge < -0.3 is 0 Å². The molecule has 0 saturated carbocycles. The molecule has 86 valence electrons. The Morgan fingerprint density at radius 2 is 1.25 bits per heavy atom. The number of unbranched alkanes of at least 4 members (excludes halogenated alkanes) is 3. The molecule has 16 heavy (non-hydrogen) atoms. The van der Waals surface area contributed by atoms with Crippen LogP contribution in [-0.2, 0) is 12.8 Å². The molecule has 0 spiro atoms. The third-order valence-corrected chi connectivity index (χ3v) is 3.53. The van der Waals surface area contributed by atoms with Gasteiger partial charge in [-0.05, 0) is 48.7 Å². The lowest BCUT2D eigenvalue weighted by Gasteiger charge is -1.98. The van der Waals surface area contributed by atoms with Crippen LogP contribution in [0.3, 0.4) is 0 Å². The van der Waals surface area contributed by atoms with E-state index in [0.29, 0.717) is 0 Å². The molecule has 0 atom stereocenters. The second kappa shape index (κ2) is 6.65. The standard InChI is InChI=1S/C10H14N4S2/c1(3-5-9-7-15-13-11-9)2-4-6-10-8-16-14-12-10/h7-8H,1-6H2. The molecular weight excluding hydrogens is 240 g/mol. The van der Waals surface area contributed by atoms with Crippen LogP contribution >= 0.6 is 23.1 Å². The van der Waals surface area contributed by atoms with Gasteiger partial charge in [-0.2, -0.15) is 0 Å². The first-order valence-corrected chi connectivity index (χ1v) is 7.14. The lowest BCUT2D eigenvalue weighted by molar-refractivity contribution is 0.630. The van der Waals surface area contributed by atoms with Crippen LogP contribution in [0.1, 0.15) is 37.1 Å². The summed E-state index contributed by atoms with van der Waals surface area (Å²) in [6.45, 7) is 0. The van der Waals surface area contributed by atoms with Crippen LogP contribution < -0.4 is 0 Å². The van der Waals surface area contributed by atoms with E-state index in [-0.39, 0.29) is 0 Å². The Morgan fingerprint density at radius 3 is 1.62 bits per heavy atom. The van der Waals surface area contributed by atoms with Crippen LogP contribution in [0.25, 0.3) is 0 Å². The Labute approximate surface area is 103 Å². The summed E-state index contributed by atoms with van der Waals surface area (Å²) in [5, 5.41) is 12.1. The van der Waals surface area contributed by atoms with Crippen LogP contribution in [0, 0.1) is 0 Å². The van der Waals surface area contributed by atoms with Gasteiger partial charge in [0, 0.05) is 10.8 Å². The van der Waals surface area contributed by atoms with Gasteiger partial charge in [0.1, 0.15) is 0 Å². The van der Waals surface area contributed by atoms with Gasteiger partial charge in [-0.3, -0.25) is 0 Å². The average molecular weight is 254 g/mol. The van der Waals surface area contributed by atoms with Crippen LogP contribution in [0.5, 0.6) is 0 Å². The molecule has 0 radical (unpaired) electrons. The third kappa shape index (κ3) is 3.94. The van der Waals surface area contributed by atoms with E-state index in [4.69, 9.17) is 0 Å². The van der Waals surface area contributed by atoms with E-state index in [9.17, 15) is 0 Å². The van der Waals surface area contributed by atoms with Crippen molar-refractivity contribution >= 4 is 23.1 Å². The summed E-state index contributed by atoms with van der Waals surface area (Å²) < 4.78 is 7.70. The summed E-state index contributed by atoms with van der Waals surface area (Å²) in [6, 6.07) is 0. The van der Waals surface area contributed by atoms with Crippen molar-refractivity contribution in [2.24, 2.45) is 0 Å². The van der Waals surface area contributed by atoms with E-state index in [0.717, 1.165) is 24.2 Å². The maximum absolute atomic E-state index is 4.03. The quantitative estimate of drug-likeness (QED) is 0.713. The molecule has 2 aromatic heterocycles. The van der Waals surface area contributed by atoms with E-state index in [1.807, 2.05) is 10.8 Å². The highest BCUT2D eigenvalue weighted by Gasteiger charge is 1.98. The highest BCUT2D eigenvalue weighted by Crippen LogP contribution is 2.09. The summed E-state index contributed by atoms with van der Waals surface area (Å²) in [5.41, 5.74) is 2.27. The topological polar surface area (TPSA) is 51.6 Å². The number of hydrogen-bond donors (Lipinski definition) is 0. The normalized spacial score (nSPS) is 10.8. The molecule has 0 unspecified atom stereocenters. The number of aryl methyl sites for hydroxylation is 2. The Kier molecular flexibility index (Phi) is 4.82. The largest absolute Gasteiger partial charge is 0.143 e. The molecule has 0 aliphatic carbocycles. The van der Waals surface area contributed by atoms with Crippen molar-refractivity contribution in [1.29, 1.82) is 0 Å². The third-order valence-electron chi connectivity index (χ3n) is 2.43. The van der Waals surface area contributed by atoms with Crippen molar-refractivity contribution in [3.8, 4) is 0 Å². The van der Waals surface area contributed by atoms with E-state index in [1.165, 1.54) is 48.7 Å². The van der Waals surface area contributed by atoms with Gasteiger partial charge in [0.2, 0.25) is 0 Å². The molecule has 0 saturated heterocycles. The lowest BCUT2D eigenvalue weighted by Crippen LogP contribution is -1.89. The SMILES string of the molecule is c1snnc1CCCCCCc1csnn1. The second-order valence-corrected chi connectivity index (χ2v) is 4.93. The molecule has 2 heterocycles. The highest BCUT2D eigenvalue weighted by molar-refractivity contribution is 7.03. The van der Waals surface area contributed by atoms with Gasteiger partial charge in [0.05, 0.1) is 11.4 Å². The minimum absolute atomic E-state index is 1.06. The average Bonchev–Trinajstić information content (AvgIpc) is 2.96. The molecular formula is C10H14N4S2. The minimum atomic E-state index is 1.06. The fourth-order valence-corrected chi connectivity index (χ4v) is 2.52. The molecule has 0 amide bonds. The molecule has 4 nitrogen and oxygen atoms in total. The Balaban J connectivity index is 1.49. The van der Waals surface area contributed by atoms with Gasteiger partial charge in [0.15, 0.2) is 0 Å². The van der Waals surface area contributed by atoms with Crippen molar-refractivity contribution in [3.63, 3.8) is 0 Å². The van der Waals surface area contributed by atoms with Crippen molar-refractivity contribution in [1.82, 2.24) is 19.2 Å². The van der Waals surface area contributed by atoms with Gasteiger partial charge >= 0.3 is 0 Å². The van der Waals surface area contributed by atoms with Crippen molar-refractivity contribution < 1.29 is 0 Å². The molecule has 0 fully saturated rings. The monoisotopic (exact) mass is 254 g/mol. The fourth-order valence-electron chi connectivity index (χ4n) is 1.55. The zero-order valence-corrected chi connectivity index (χ0v) is 10.6. The Morgan fingerprint density at radius 1 is 0.750 bits per heavy atom. The summed E-state index contributed by atoms with van der Waals surface area (Å²) >= 11 is 2.86. The molecule has 2 rings (SSSR count). The Hall–Kier alpha value is -0.880. The van der Waals surface area contributed by atoms with Crippen LogP contribution in [0.15, 0.2) is 10.8 Å². The number of rotatable bonds is 7. The number of aromatic nitrogens is 4. The summed E-state index contributed by atoms with van der Waals surface area (Å²) in [7, 11) is 0. The maximum atomic E-state index is 4.03. The minimum Gasteiger partial charge on any atom is -0.143 e. The molecule has 0 bridgehead atoms. The van der Waals surface area contributed by atoms with Gasteiger partial charge in [0.25, 0.3) is 0 Å². The van der Waals surface area contributed by atoms with Gasteiger partial charge in [-0.1, -0.05) is 21.8 Å². The van der Waals surface area contributed by atoms with Gasteiger partial charge in [-0.25, -0.2) is 0 Å². The second-order valence-electron chi connectivity index (χ2n) is 3.71. The lowest BCUT2D eigenvalue weighted by atomic mass is 10.1. The molecule has 0 N–H and O–H groups in total. The van der Waals surface area contributed by atoms with Crippen LogP contribution in [0.4, 0.5) is 0 Å². The summed E-state index contributed by atoms with van der Waals surface area (Å²) in [5.74, 6) is 0. The van der Waals surface area contributed by atoms with Crippen molar-refractivity contribution in [2.45, 2.75) is 38.5 Å². The number of hydrogen-bond acceptors (Lipinski definition) is 6. The molecule has 2 aromatic rings. The van der Waals surface area contributed by atoms with E-state index in [2.05, 4.69) is 19.2 Å². The highest BCUT2D eigenvalue weighted by atomic mass is 32.1.